The lowest BCUT2D eigenvalue weighted by molar-refractivity contribution is -0.142. The molecule has 0 saturated carbocycles. The first-order valence-corrected chi connectivity index (χ1v) is 9.80. The van der Waals surface area contributed by atoms with Crippen molar-refractivity contribution >= 4 is 40.6 Å². The van der Waals surface area contributed by atoms with Crippen LogP contribution in [0, 0.1) is 11.7 Å². The van der Waals surface area contributed by atoms with Crippen molar-refractivity contribution in [2.24, 2.45) is 20.9 Å². The first kappa shape index (κ1) is 21.8. The third-order valence-corrected chi connectivity index (χ3v) is 5.32. The molecule has 0 spiro atoms. The lowest BCUT2D eigenvalue weighted by Crippen LogP contribution is -2.36. The van der Waals surface area contributed by atoms with Gasteiger partial charge in [0.15, 0.2) is 0 Å². The first-order chi connectivity index (χ1) is 13.7. The van der Waals surface area contributed by atoms with Gasteiger partial charge in [-0.3, -0.25) is 9.89 Å². The largest absolute Gasteiger partial charge is 0.392 e. The summed E-state index contributed by atoms with van der Waals surface area (Å²) in [6, 6.07) is 2.77. The molecule has 0 aliphatic carbocycles. The molecular weight excluding hydrogens is 458 g/mol. The predicted molar refractivity (Wildman–Crippen MR) is 106 cm³/mol. The minimum Gasteiger partial charge on any atom is -0.391 e. The van der Waals surface area contributed by atoms with E-state index in [1.54, 1.807) is 0 Å². The van der Waals surface area contributed by atoms with Gasteiger partial charge >= 0.3 is 6.18 Å². The molecular formula is C18H20BrF4N5O. The summed E-state index contributed by atoms with van der Waals surface area (Å²) >= 11 is 3.32. The van der Waals surface area contributed by atoms with E-state index in [2.05, 4.69) is 48.0 Å². The fraction of sp³-hybridized carbons (Fsp3) is 0.500. The molecule has 0 radical (unpaired) electrons. The van der Waals surface area contributed by atoms with Crippen molar-refractivity contribution in [1.29, 1.82) is 0 Å². The van der Waals surface area contributed by atoms with Gasteiger partial charge in [-0.2, -0.15) is 13.2 Å². The number of nitrogens with zero attached hydrogens (tertiary/aromatic N) is 4. The van der Waals surface area contributed by atoms with E-state index in [4.69, 9.17) is 4.84 Å². The highest BCUT2D eigenvalue weighted by Gasteiger charge is 2.36. The number of hydroxylamine groups is 1. The van der Waals surface area contributed by atoms with E-state index in [1.165, 1.54) is 18.5 Å². The molecule has 0 aromatic heterocycles. The van der Waals surface area contributed by atoms with Crippen LogP contribution in [0.4, 0.5) is 23.2 Å². The van der Waals surface area contributed by atoms with Gasteiger partial charge in [0, 0.05) is 16.9 Å². The Morgan fingerprint density at radius 2 is 2.07 bits per heavy atom. The van der Waals surface area contributed by atoms with Crippen LogP contribution in [0.5, 0.6) is 0 Å². The molecule has 11 heteroatoms. The number of likely N-dealkylation sites (tertiary alicyclic amines) is 1. The number of rotatable bonds is 6. The average molecular weight is 478 g/mol. The number of piperidine rings is 1. The molecule has 1 aromatic rings. The van der Waals surface area contributed by atoms with Crippen molar-refractivity contribution in [1.82, 2.24) is 10.4 Å². The van der Waals surface area contributed by atoms with E-state index in [0.717, 1.165) is 0 Å². The predicted octanol–water partition coefficient (Wildman–Crippen LogP) is 4.37. The maximum Gasteiger partial charge on any atom is 0.392 e. The van der Waals surface area contributed by atoms with E-state index in [9.17, 15) is 17.6 Å². The molecule has 1 aromatic carbocycles. The van der Waals surface area contributed by atoms with Crippen LogP contribution in [0.15, 0.2) is 31.6 Å². The van der Waals surface area contributed by atoms with Crippen LogP contribution in [0.1, 0.15) is 24.8 Å². The van der Waals surface area contributed by atoms with Gasteiger partial charge in [0.25, 0.3) is 0 Å². The van der Waals surface area contributed by atoms with Crippen molar-refractivity contribution in [2.75, 3.05) is 13.1 Å². The maximum absolute atomic E-state index is 13.8. The highest BCUT2D eigenvalue weighted by molar-refractivity contribution is 9.10. The Labute approximate surface area is 173 Å². The van der Waals surface area contributed by atoms with Crippen LogP contribution in [0.3, 0.4) is 0 Å². The van der Waals surface area contributed by atoms with Crippen LogP contribution in [0.2, 0.25) is 0 Å². The second-order valence-corrected chi connectivity index (χ2v) is 7.75. The van der Waals surface area contributed by atoms with Gasteiger partial charge < -0.3 is 4.84 Å². The van der Waals surface area contributed by atoms with Crippen LogP contribution in [-0.4, -0.2) is 49.3 Å². The zero-order valence-electron chi connectivity index (χ0n) is 15.4. The number of hydrogen-bond acceptors (Lipinski definition) is 5. The lowest BCUT2D eigenvalue weighted by Gasteiger charge is -2.31. The molecule has 158 valence electrons. The fourth-order valence-electron chi connectivity index (χ4n) is 3.39. The Bertz CT molecular complexity index is 806. The average Bonchev–Trinajstić information content (AvgIpc) is 3.08. The van der Waals surface area contributed by atoms with E-state index in [0.29, 0.717) is 54.1 Å². The van der Waals surface area contributed by atoms with Crippen LogP contribution in [0.25, 0.3) is 0 Å². The Hall–Kier alpha value is -1.85. The minimum absolute atomic E-state index is 0.0429. The quantitative estimate of drug-likeness (QED) is 0.375. The zero-order valence-corrected chi connectivity index (χ0v) is 17.0. The summed E-state index contributed by atoms with van der Waals surface area (Å²) in [5.74, 6) is -0.0869. The van der Waals surface area contributed by atoms with Gasteiger partial charge in [0.1, 0.15) is 18.3 Å². The molecule has 1 N–H and O–H groups in total. The molecule has 1 saturated heterocycles. The molecule has 1 fully saturated rings. The van der Waals surface area contributed by atoms with Crippen molar-refractivity contribution in [3.05, 3.63) is 28.0 Å². The molecule has 1 atom stereocenters. The van der Waals surface area contributed by atoms with E-state index < -0.39 is 18.8 Å². The summed E-state index contributed by atoms with van der Waals surface area (Å²) in [7, 11) is 0. The number of benzene rings is 1. The molecule has 3 rings (SSSR count). The van der Waals surface area contributed by atoms with Crippen molar-refractivity contribution in [3.8, 4) is 0 Å². The van der Waals surface area contributed by atoms with Gasteiger partial charge in [0.2, 0.25) is 5.90 Å². The fourth-order valence-corrected chi connectivity index (χ4v) is 3.97. The number of alkyl halides is 3. The summed E-state index contributed by atoms with van der Waals surface area (Å²) in [6.45, 7) is 5.18. The van der Waals surface area contributed by atoms with Gasteiger partial charge in [0.05, 0.1) is 12.1 Å². The van der Waals surface area contributed by atoms with Crippen LogP contribution < -0.4 is 5.48 Å². The number of nitrogens with one attached hydrogen (secondary N) is 1. The van der Waals surface area contributed by atoms with E-state index >= 15 is 0 Å². The summed E-state index contributed by atoms with van der Waals surface area (Å²) < 4.78 is 51.8. The zero-order chi connectivity index (χ0) is 21.0. The number of halogens is 5. The summed E-state index contributed by atoms with van der Waals surface area (Å²) in [5, 5.41) is 0. The third kappa shape index (κ3) is 6.06. The molecule has 0 bridgehead atoms. The van der Waals surface area contributed by atoms with Crippen molar-refractivity contribution in [2.45, 2.75) is 38.1 Å². The van der Waals surface area contributed by atoms with Gasteiger partial charge in [-0.25, -0.2) is 14.4 Å². The number of aliphatic imine (C=N–C) groups is 3. The van der Waals surface area contributed by atoms with E-state index in [-0.39, 0.29) is 11.7 Å². The number of hydrogen-bond donors (Lipinski definition) is 1. The molecule has 2 aliphatic heterocycles. The SMILES string of the molecule is C=NC=Nc1c(Br)cc(F)cc1CN1CCC(C2=NC(CC(F)(F)F)NO2)CC1. The van der Waals surface area contributed by atoms with Crippen molar-refractivity contribution in [3.63, 3.8) is 0 Å². The maximum atomic E-state index is 13.8. The lowest BCUT2D eigenvalue weighted by atomic mass is 9.96. The monoisotopic (exact) mass is 477 g/mol. The van der Waals surface area contributed by atoms with Crippen molar-refractivity contribution < 1.29 is 22.4 Å². The molecule has 2 aliphatic rings. The molecule has 0 amide bonds. The second-order valence-electron chi connectivity index (χ2n) is 6.90. The second kappa shape index (κ2) is 9.31. The van der Waals surface area contributed by atoms with Gasteiger partial charge in [-0.05, 0) is 66.3 Å². The highest BCUT2D eigenvalue weighted by Crippen LogP contribution is 2.33. The Morgan fingerprint density at radius 3 is 2.72 bits per heavy atom. The first-order valence-electron chi connectivity index (χ1n) is 9.00. The Morgan fingerprint density at radius 1 is 1.34 bits per heavy atom. The molecule has 1 unspecified atom stereocenters. The molecule has 29 heavy (non-hydrogen) atoms. The smallest absolute Gasteiger partial charge is 0.391 e. The molecule has 6 nitrogen and oxygen atoms in total. The normalized spacial score (nSPS) is 21.4. The summed E-state index contributed by atoms with van der Waals surface area (Å²) in [4.78, 5) is 19.2. The third-order valence-electron chi connectivity index (χ3n) is 4.71. The summed E-state index contributed by atoms with van der Waals surface area (Å²) in [5.41, 5.74) is 3.63. The summed E-state index contributed by atoms with van der Waals surface area (Å²) in [6.07, 6.45) is -3.79. The molecule has 2 heterocycles. The standard InChI is InChI=1S/C18H20BrF4N5O/c1-24-10-25-16-12(6-13(20)7-14(16)19)9-28-4-2-11(3-5-28)17-26-15(27-29-17)8-18(21,22)23/h6-7,10-11,15,27H,1-5,8-9H2. The van der Waals surface area contributed by atoms with Crippen LogP contribution in [-0.2, 0) is 11.4 Å². The Balaban J connectivity index is 1.60. The van der Waals surface area contributed by atoms with Crippen LogP contribution >= 0.6 is 15.9 Å². The van der Waals surface area contributed by atoms with Gasteiger partial charge in [-0.1, -0.05) is 0 Å². The Kier molecular flexibility index (Phi) is 7.01. The minimum atomic E-state index is -4.30. The topological polar surface area (TPSA) is 61.6 Å². The van der Waals surface area contributed by atoms with E-state index in [1.807, 2.05) is 0 Å². The highest BCUT2D eigenvalue weighted by atomic mass is 79.9. The van der Waals surface area contributed by atoms with Gasteiger partial charge in [-0.15, -0.1) is 5.48 Å².